The largest absolute Gasteiger partial charge is 0.416 e. The number of carbonyl (C=O) groups excluding carboxylic acids is 1. The number of aryl methyl sites for hydroxylation is 1. The molecule has 0 unspecified atom stereocenters. The van der Waals surface area contributed by atoms with Crippen LogP contribution in [0.2, 0.25) is 0 Å². The number of hydrogen-bond acceptors (Lipinski definition) is 3. The lowest BCUT2D eigenvalue weighted by molar-refractivity contribution is -0.137. The van der Waals surface area contributed by atoms with E-state index in [9.17, 15) is 18.0 Å². The number of anilines is 1. The molecular formula is C20H19F3N4O. The molecule has 0 atom stereocenters. The lowest BCUT2D eigenvalue weighted by Gasteiger charge is -2.23. The highest BCUT2D eigenvalue weighted by Gasteiger charge is 2.30. The van der Waals surface area contributed by atoms with Gasteiger partial charge in [-0.25, -0.2) is 14.8 Å². The fraction of sp³-hybridized carbons (Fsp3) is 0.250. The lowest BCUT2D eigenvalue weighted by atomic mass is 10.1. The van der Waals surface area contributed by atoms with Gasteiger partial charge in [-0.15, -0.1) is 0 Å². The second kappa shape index (κ2) is 7.10. The molecule has 1 heterocycles. The van der Waals surface area contributed by atoms with E-state index in [0.717, 1.165) is 23.4 Å². The van der Waals surface area contributed by atoms with Crippen molar-refractivity contribution in [1.82, 2.24) is 14.9 Å². The zero-order valence-corrected chi connectivity index (χ0v) is 15.9. The van der Waals surface area contributed by atoms with Crippen LogP contribution in [0.5, 0.6) is 0 Å². The topological polar surface area (TPSA) is 49.3 Å². The highest BCUT2D eigenvalue weighted by molar-refractivity contribution is 5.92. The Morgan fingerprint density at radius 1 is 1.04 bits per heavy atom. The Kier molecular flexibility index (Phi) is 4.97. The van der Waals surface area contributed by atoms with Crippen molar-refractivity contribution < 1.29 is 18.0 Å². The van der Waals surface area contributed by atoms with Gasteiger partial charge in [-0.1, -0.05) is 0 Å². The van der Waals surface area contributed by atoms with Crippen LogP contribution in [0.25, 0.3) is 22.3 Å². The molecule has 0 N–H and O–H groups in total. The van der Waals surface area contributed by atoms with Gasteiger partial charge >= 0.3 is 12.2 Å². The minimum Gasteiger partial charge on any atom is -0.330 e. The normalized spacial score (nSPS) is 11.5. The maximum atomic E-state index is 12.8. The first-order valence-corrected chi connectivity index (χ1v) is 8.48. The summed E-state index contributed by atoms with van der Waals surface area (Å²) in [6, 6.07) is 8.66. The van der Waals surface area contributed by atoms with Gasteiger partial charge in [0.2, 0.25) is 0 Å². The first-order valence-electron chi connectivity index (χ1n) is 8.48. The van der Waals surface area contributed by atoms with E-state index in [-0.39, 0.29) is 6.03 Å². The smallest absolute Gasteiger partial charge is 0.330 e. The SMILES string of the molecule is Cc1cc(-c2ncc3cc(C(F)(F)F)ccc3n2)ccc1N(C)C(=O)N(C)C. The summed E-state index contributed by atoms with van der Waals surface area (Å²) in [4.78, 5) is 23.8. The molecule has 5 nitrogen and oxygen atoms in total. The number of amides is 2. The van der Waals surface area contributed by atoms with Crippen molar-refractivity contribution in [2.24, 2.45) is 0 Å². The van der Waals surface area contributed by atoms with Gasteiger partial charge in [-0.3, -0.25) is 4.90 Å². The van der Waals surface area contributed by atoms with Crippen molar-refractivity contribution in [3.05, 3.63) is 53.7 Å². The summed E-state index contributed by atoms with van der Waals surface area (Å²) >= 11 is 0. The first kappa shape index (κ1) is 19.6. The molecule has 0 fully saturated rings. The molecule has 8 heteroatoms. The summed E-state index contributed by atoms with van der Waals surface area (Å²) in [5.74, 6) is 0.406. The molecule has 0 aliphatic heterocycles. The van der Waals surface area contributed by atoms with Gasteiger partial charge in [0.25, 0.3) is 0 Å². The number of carbonyl (C=O) groups is 1. The number of benzene rings is 2. The molecule has 0 aliphatic carbocycles. The quantitative estimate of drug-likeness (QED) is 0.637. The van der Waals surface area contributed by atoms with Crippen molar-refractivity contribution in [3.8, 4) is 11.4 Å². The van der Waals surface area contributed by atoms with Gasteiger partial charge in [0, 0.05) is 44.0 Å². The van der Waals surface area contributed by atoms with Crippen LogP contribution < -0.4 is 4.90 Å². The van der Waals surface area contributed by atoms with E-state index in [0.29, 0.717) is 22.3 Å². The number of rotatable bonds is 2. The summed E-state index contributed by atoms with van der Waals surface area (Å²) in [7, 11) is 5.04. The van der Waals surface area contributed by atoms with Crippen LogP contribution in [0.3, 0.4) is 0 Å². The van der Waals surface area contributed by atoms with Crippen molar-refractivity contribution >= 4 is 22.6 Å². The van der Waals surface area contributed by atoms with Crippen LogP contribution in [0, 0.1) is 6.92 Å². The number of nitrogens with zero attached hydrogens (tertiary/aromatic N) is 4. The number of hydrogen-bond donors (Lipinski definition) is 0. The molecule has 0 spiro atoms. The van der Waals surface area contributed by atoms with Crippen LogP contribution in [0.4, 0.5) is 23.7 Å². The molecule has 2 aromatic carbocycles. The summed E-state index contributed by atoms with van der Waals surface area (Å²) in [6.07, 6.45) is -3.02. The Balaban J connectivity index is 1.96. The summed E-state index contributed by atoms with van der Waals surface area (Å²) in [5.41, 5.74) is 2.02. The Labute approximate surface area is 160 Å². The molecule has 0 radical (unpaired) electrons. The van der Waals surface area contributed by atoms with Gasteiger partial charge in [0.1, 0.15) is 0 Å². The average molecular weight is 388 g/mol. The Hall–Kier alpha value is -3.16. The fourth-order valence-corrected chi connectivity index (χ4v) is 2.92. The number of aromatic nitrogens is 2. The minimum atomic E-state index is -4.41. The molecular weight excluding hydrogens is 369 g/mol. The number of halogens is 3. The van der Waals surface area contributed by atoms with E-state index in [2.05, 4.69) is 9.97 Å². The van der Waals surface area contributed by atoms with Gasteiger partial charge < -0.3 is 4.90 Å². The van der Waals surface area contributed by atoms with E-state index in [4.69, 9.17) is 0 Å². The molecule has 3 rings (SSSR count). The van der Waals surface area contributed by atoms with Crippen molar-refractivity contribution in [1.29, 1.82) is 0 Å². The van der Waals surface area contributed by atoms with Crippen LogP contribution >= 0.6 is 0 Å². The predicted molar refractivity (Wildman–Crippen MR) is 102 cm³/mol. The highest BCUT2D eigenvalue weighted by Crippen LogP contribution is 2.32. The third-order valence-electron chi connectivity index (χ3n) is 4.39. The van der Waals surface area contributed by atoms with E-state index in [1.165, 1.54) is 17.2 Å². The Bertz CT molecular complexity index is 1050. The standard InChI is InChI=1S/C20H19F3N4O/c1-12-9-13(5-8-17(12)27(4)19(28)26(2)3)18-24-11-14-10-15(20(21,22)23)6-7-16(14)25-18/h5-11H,1-4H3. The average Bonchev–Trinajstić information content (AvgIpc) is 2.65. The second-order valence-corrected chi connectivity index (χ2v) is 6.70. The van der Waals surface area contributed by atoms with Crippen LogP contribution in [0.1, 0.15) is 11.1 Å². The van der Waals surface area contributed by atoms with Crippen molar-refractivity contribution in [3.63, 3.8) is 0 Å². The third kappa shape index (κ3) is 3.76. The van der Waals surface area contributed by atoms with Crippen molar-refractivity contribution in [2.75, 3.05) is 26.0 Å². The fourth-order valence-electron chi connectivity index (χ4n) is 2.92. The molecule has 0 saturated heterocycles. The van der Waals surface area contributed by atoms with Gasteiger partial charge in [-0.2, -0.15) is 13.2 Å². The maximum Gasteiger partial charge on any atom is 0.416 e. The number of fused-ring (bicyclic) bond motifs is 1. The van der Waals surface area contributed by atoms with E-state index in [1.54, 1.807) is 38.2 Å². The first-order chi connectivity index (χ1) is 13.1. The number of alkyl halides is 3. The van der Waals surface area contributed by atoms with Crippen LogP contribution in [-0.2, 0) is 6.18 Å². The zero-order chi connectivity index (χ0) is 20.6. The van der Waals surface area contributed by atoms with E-state index in [1.807, 2.05) is 13.0 Å². The predicted octanol–water partition coefficient (Wildman–Crippen LogP) is 4.74. The molecule has 146 valence electrons. The highest BCUT2D eigenvalue weighted by atomic mass is 19.4. The zero-order valence-electron chi connectivity index (χ0n) is 15.9. The molecule has 0 saturated carbocycles. The van der Waals surface area contributed by atoms with Gasteiger partial charge in [0.05, 0.1) is 11.1 Å². The van der Waals surface area contributed by atoms with Crippen LogP contribution in [0.15, 0.2) is 42.6 Å². The summed E-state index contributed by atoms with van der Waals surface area (Å²) < 4.78 is 38.5. The van der Waals surface area contributed by atoms with Gasteiger partial charge in [-0.05, 0) is 48.9 Å². The molecule has 3 aromatic rings. The third-order valence-corrected chi connectivity index (χ3v) is 4.39. The second-order valence-electron chi connectivity index (χ2n) is 6.70. The number of urea groups is 1. The minimum absolute atomic E-state index is 0.154. The lowest BCUT2D eigenvalue weighted by Crippen LogP contribution is -2.36. The molecule has 2 amide bonds. The Morgan fingerprint density at radius 2 is 1.75 bits per heavy atom. The summed E-state index contributed by atoms with van der Waals surface area (Å²) in [6.45, 7) is 1.87. The maximum absolute atomic E-state index is 12.8. The molecule has 0 bridgehead atoms. The van der Waals surface area contributed by atoms with Crippen molar-refractivity contribution in [2.45, 2.75) is 13.1 Å². The van der Waals surface area contributed by atoms with E-state index < -0.39 is 11.7 Å². The molecule has 1 aromatic heterocycles. The molecule has 0 aliphatic rings. The Morgan fingerprint density at radius 3 is 2.36 bits per heavy atom. The van der Waals surface area contributed by atoms with E-state index >= 15 is 0 Å². The van der Waals surface area contributed by atoms with Gasteiger partial charge in [0.15, 0.2) is 5.82 Å². The van der Waals surface area contributed by atoms with Crippen LogP contribution in [-0.4, -0.2) is 42.0 Å². The summed E-state index contributed by atoms with van der Waals surface area (Å²) in [5, 5.41) is 0.322. The molecule has 28 heavy (non-hydrogen) atoms. The monoisotopic (exact) mass is 388 g/mol.